The number of aryl methyl sites for hydroxylation is 2. The van der Waals surface area contributed by atoms with E-state index in [2.05, 4.69) is 10.3 Å². The van der Waals surface area contributed by atoms with Crippen molar-refractivity contribution >= 4 is 0 Å². The van der Waals surface area contributed by atoms with E-state index in [0.29, 0.717) is 5.92 Å². The highest BCUT2D eigenvalue weighted by Crippen LogP contribution is 2.34. The normalized spacial score (nSPS) is 18.4. The van der Waals surface area contributed by atoms with Crippen molar-refractivity contribution in [1.82, 2.24) is 15.0 Å². The Bertz CT molecular complexity index is 293. The molecule has 1 unspecified atom stereocenters. The number of aliphatic hydroxyl groups excluding tert-OH is 1. The molecule has 0 bridgehead atoms. The van der Waals surface area contributed by atoms with E-state index in [1.165, 1.54) is 12.8 Å². The second-order valence-electron chi connectivity index (χ2n) is 4.18. The van der Waals surface area contributed by atoms with Crippen molar-refractivity contribution in [2.45, 2.75) is 38.2 Å². The van der Waals surface area contributed by atoms with Crippen LogP contribution in [0.1, 0.15) is 31.4 Å². The van der Waals surface area contributed by atoms with E-state index < -0.39 is 0 Å². The van der Waals surface area contributed by atoms with E-state index in [4.69, 9.17) is 0 Å². The summed E-state index contributed by atoms with van der Waals surface area (Å²) in [5.41, 5.74) is 1.02. The minimum Gasteiger partial charge on any atom is -0.393 e. The first-order valence-electron chi connectivity index (χ1n) is 5.29. The molecule has 1 atom stereocenters. The molecule has 1 saturated carbocycles. The van der Waals surface area contributed by atoms with Crippen LogP contribution in [0.4, 0.5) is 0 Å². The quantitative estimate of drug-likeness (QED) is 0.759. The molecule has 1 N–H and O–H groups in total. The van der Waals surface area contributed by atoms with Gasteiger partial charge >= 0.3 is 0 Å². The summed E-state index contributed by atoms with van der Waals surface area (Å²) in [7, 11) is 1.87. The first-order chi connectivity index (χ1) is 6.75. The number of aliphatic hydroxyl groups is 1. The Morgan fingerprint density at radius 1 is 1.64 bits per heavy atom. The first kappa shape index (κ1) is 9.65. The van der Waals surface area contributed by atoms with Crippen molar-refractivity contribution in [3.05, 3.63) is 11.9 Å². The standard InChI is InChI=1S/C10H17N3O/c1-13-7-9(11-12-13)3-2-4-10(14)8-5-6-8/h7-8,10,14H,2-6H2,1H3. The highest BCUT2D eigenvalue weighted by Gasteiger charge is 2.28. The molecule has 0 aliphatic heterocycles. The molecule has 1 aliphatic rings. The Morgan fingerprint density at radius 3 is 3.00 bits per heavy atom. The topological polar surface area (TPSA) is 50.9 Å². The second kappa shape index (κ2) is 4.09. The third-order valence-electron chi connectivity index (χ3n) is 2.75. The van der Waals surface area contributed by atoms with E-state index in [0.717, 1.165) is 25.0 Å². The van der Waals surface area contributed by atoms with Crippen molar-refractivity contribution in [2.24, 2.45) is 13.0 Å². The third-order valence-corrected chi connectivity index (χ3v) is 2.75. The first-order valence-corrected chi connectivity index (χ1v) is 5.29. The summed E-state index contributed by atoms with van der Waals surface area (Å²) in [4.78, 5) is 0. The monoisotopic (exact) mass is 195 g/mol. The largest absolute Gasteiger partial charge is 0.393 e. The van der Waals surface area contributed by atoms with Crippen LogP contribution in [0.5, 0.6) is 0 Å². The Morgan fingerprint density at radius 2 is 2.43 bits per heavy atom. The molecule has 0 spiro atoms. The molecule has 1 aliphatic carbocycles. The van der Waals surface area contributed by atoms with Crippen molar-refractivity contribution in [2.75, 3.05) is 0 Å². The van der Waals surface area contributed by atoms with E-state index >= 15 is 0 Å². The van der Waals surface area contributed by atoms with Gasteiger partial charge < -0.3 is 5.11 Å². The minimum atomic E-state index is -0.0772. The highest BCUT2D eigenvalue weighted by molar-refractivity contribution is 4.92. The van der Waals surface area contributed by atoms with Gasteiger partial charge in [-0.2, -0.15) is 0 Å². The van der Waals surface area contributed by atoms with Gasteiger partial charge in [-0.1, -0.05) is 5.21 Å². The molecule has 0 aromatic carbocycles. The lowest BCUT2D eigenvalue weighted by Crippen LogP contribution is -2.09. The average molecular weight is 195 g/mol. The maximum atomic E-state index is 9.63. The summed E-state index contributed by atoms with van der Waals surface area (Å²) in [5.74, 6) is 0.594. The van der Waals surface area contributed by atoms with Crippen molar-refractivity contribution < 1.29 is 5.11 Å². The summed E-state index contributed by atoms with van der Waals surface area (Å²) in [6.07, 6.45) is 7.13. The smallest absolute Gasteiger partial charge is 0.0827 e. The van der Waals surface area contributed by atoms with Crippen LogP contribution in [-0.4, -0.2) is 26.2 Å². The van der Waals surface area contributed by atoms with E-state index in [1.807, 2.05) is 13.2 Å². The molecule has 1 fully saturated rings. The lowest BCUT2D eigenvalue weighted by atomic mass is 10.1. The second-order valence-corrected chi connectivity index (χ2v) is 4.18. The number of hydrogen-bond acceptors (Lipinski definition) is 3. The van der Waals surface area contributed by atoms with E-state index in [1.54, 1.807) is 4.68 Å². The van der Waals surface area contributed by atoms with Crippen LogP contribution in [0.25, 0.3) is 0 Å². The van der Waals surface area contributed by atoms with Crippen LogP contribution in [0.15, 0.2) is 6.20 Å². The summed E-state index contributed by atoms with van der Waals surface area (Å²) in [6.45, 7) is 0. The van der Waals surface area contributed by atoms with Gasteiger partial charge in [-0.3, -0.25) is 4.68 Å². The fourth-order valence-corrected chi connectivity index (χ4v) is 1.72. The zero-order chi connectivity index (χ0) is 9.97. The molecule has 78 valence electrons. The van der Waals surface area contributed by atoms with Crippen molar-refractivity contribution in [3.63, 3.8) is 0 Å². The number of rotatable bonds is 5. The van der Waals surface area contributed by atoms with Crippen molar-refractivity contribution in [3.8, 4) is 0 Å². The summed E-state index contributed by atoms with van der Waals surface area (Å²) in [5, 5.41) is 17.5. The lowest BCUT2D eigenvalue weighted by Gasteiger charge is -2.06. The van der Waals surface area contributed by atoms with Gasteiger partial charge in [-0.05, 0) is 38.0 Å². The van der Waals surface area contributed by atoms with Crippen LogP contribution in [0.3, 0.4) is 0 Å². The Balaban J connectivity index is 1.67. The fourth-order valence-electron chi connectivity index (χ4n) is 1.72. The van der Waals surface area contributed by atoms with Gasteiger partial charge in [-0.25, -0.2) is 0 Å². The number of hydrogen-bond donors (Lipinski definition) is 1. The molecular formula is C10H17N3O. The zero-order valence-corrected chi connectivity index (χ0v) is 8.56. The molecular weight excluding hydrogens is 178 g/mol. The van der Waals surface area contributed by atoms with Gasteiger partial charge in [0, 0.05) is 13.2 Å². The summed E-state index contributed by atoms with van der Waals surface area (Å²) >= 11 is 0. The van der Waals surface area contributed by atoms with Gasteiger partial charge in [0.15, 0.2) is 0 Å². The van der Waals surface area contributed by atoms with Crippen LogP contribution >= 0.6 is 0 Å². The average Bonchev–Trinajstić information content (AvgIpc) is 2.92. The molecule has 1 aromatic rings. The Hall–Kier alpha value is -0.900. The van der Waals surface area contributed by atoms with Crippen LogP contribution in [0.2, 0.25) is 0 Å². The molecule has 2 rings (SSSR count). The highest BCUT2D eigenvalue weighted by atomic mass is 16.3. The SMILES string of the molecule is Cn1cc(CCCC(O)C2CC2)nn1. The summed E-state index contributed by atoms with van der Waals surface area (Å²) in [6, 6.07) is 0. The predicted molar refractivity (Wildman–Crippen MR) is 52.7 cm³/mol. The van der Waals surface area contributed by atoms with Gasteiger partial charge in [-0.15, -0.1) is 5.10 Å². The maximum absolute atomic E-state index is 9.63. The Labute approximate surface area is 83.9 Å². The van der Waals surface area contributed by atoms with E-state index in [9.17, 15) is 5.11 Å². The van der Waals surface area contributed by atoms with Gasteiger partial charge in [0.25, 0.3) is 0 Å². The molecule has 4 heteroatoms. The van der Waals surface area contributed by atoms with E-state index in [-0.39, 0.29) is 6.10 Å². The predicted octanol–water partition coefficient (Wildman–Crippen LogP) is 0.909. The number of nitrogens with zero attached hydrogens (tertiary/aromatic N) is 3. The molecule has 14 heavy (non-hydrogen) atoms. The summed E-state index contributed by atoms with van der Waals surface area (Å²) < 4.78 is 1.71. The molecule has 1 aromatic heterocycles. The molecule has 1 heterocycles. The molecule has 4 nitrogen and oxygen atoms in total. The van der Waals surface area contributed by atoms with Gasteiger partial charge in [0.2, 0.25) is 0 Å². The minimum absolute atomic E-state index is 0.0772. The number of aromatic nitrogens is 3. The lowest BCUT2D eigenvalue weighted by molar-refractivity contribution is 0.139. The zero-order valence-electron chi connectivity index (χ0n) is 8.56. The molecule has 0 amide bonds. The molecule has 0 radical (unpaired) electrons. The van der Waals surface area contributed by atoms with Crippen LogP contribution < -0.4 is 0 Å². The van der Waals surface area contributed by atoms with Crippen molar-refractivity contribution in [1.29, 1.82) is 0 Å². The molecule has 0 saturated heterocycles. The van der Waals surface area contributed by atoms with Gasteiger partial charge in [0.05, 0.1) is 11.8 Å². The Kier molecular flexibility index (Phi) is 2.82. The maximum Gasteiger partial charge on any atom is 0.0827 e. The van der Waals surface area contributed by atoms with Crippen LogP contribution in [0, 0.1) is 5.92 Å². The fraction of sp³-hybridized carbons (Fsp3) is 0.800. The van der Waals surface area contributed by atoms with Crippen LogP contribution in [-0.2, 0) is 13.5 Å². The third kappa shape index (κ3) is 2.54. The van der Waals surface area contributed by atoms with Gasteiger partial charge in [0.1, 0.15) is 0 Å².